The molecule has 4 nitrogen and oxygen atoms in total. The summed E-state index contributed by atoms with van der Waals surface area (Å²) < 4.78 is 0. The van der Waals surface area contributed by atoms with Crippen LogP contribution in [0.1, 0.15) is 40.0 Å². The van der Waals surface area contributed by atoms with Crippen LogP contribution in [0.25, 0.3) is 0 Å². The smallest absolute Gasteiger partial charge is 0.245 e. The molecule has 4 heteroatoms. The van der Waals surface area contributed by atoms with Gasteiger partial charge in [0.15, 0.2) is 0 Å². The maximum Gasteiger partial charge on any atom is 0.245 e. The Hall–Kier alpha value is -1.06. The van der Waals surface area contributed by atoms with Gasteiger partial charge < -0.3 is 10.2 Å². The lowest BCUT2D eigenvalue weighted by molar-refractivity contribution is -0.139. The average molecular weight is 238 g/mol. The number of carbonyl (C=O) groups excluding carboxylic acids is 2. The molecule has 96 valence electrons. The van der Waals surface area contributed by atoms with Crippen molar-refractivity contribution in [2.24, 2.45) is 11.8 Å². The van der Waals surface area contributed by atoms with Crippen LogP contribution in [0.2, 0.25) is 0 Å². The number of amides is 2. The third-order valence-electron chi connectivity index (χ3n) is 3.90. The zero-order chi connectivity index (χ0) is 12.6. The Morgan fingerprint density at radius 1 is 1.29 bits per heavy atom. The molecule has 1 unspecified atom stereocenters. The first kappa shape index (κ1) is 12.4. The number of rotatable bonds is 2. The molecule has 2 fully saturated rings. The summed E-state index contributed by atoms with van der Waals surface area (Å²) in [6.45, 7) is 6.76. The summed E-state index contributed by atoms with van der Waals surface area (Å²) in [6.07, 6.45) is 2.62. The highest BCUT2D eigenvalue weighted by Gasteiger charge is 2.39. The summed E-state index contributed by atoms with van der Waals surface area (Å²) in [7, 11) is 0. The lowest BCUT2D eigenvalue weighted by Crippen LogP contribution is -2.53. The summed E-state index contributed by atoms with van der Waals surface area (Å²) in [5.41, 5.74) is 0. The average Bonchev–Trinajstić information content (AvgIpc) is 2.35. The molecule has 0 bridgehead atoms. The van der Waals surface area contributed by atoms with Crippen molar-refractivity contribution in [3.63, 3.8) is 0 Å². The van der Waals surface area contributed by atoms with Crippen LogP contribution in [0.3, 0.4) is 0 Å². The van der Waals surface area contributed by atoms with Gasteiger partial charge in [0.2, 0.25) is 11.8 Å². The van der Waals surface area contributed by atoms with Gasteiger partial charge in [-0.15, -0.1) is 0 Å². The van der Waals surface area contributed by atoms with Crippen LogP contribution in [0.4, 0.5) is 0 Å². The highest BCUT2D eigenvalue weighted by atomic mass is 16.2. The Labute approximate surface area is 103 Å². The van der Waals surface area contributed by atoms with Gasteiger partial charge in [0.05, 0.1) is 0 Å². The van der Waals surface area contributed by atoms with Crippen LogP contribution >= 0.6 is 0 Å². The molecule has 0 spiro atoms. The van der Waals surface area contributed by atoms with E-state index in [4.69, 9.17) is 0 Å². The largest absolute Gasteiger partial charge is 0.344 e. The van der Waals surface area contributed by atoms with Crippen LogP contribution in [-0.2, 0) is 9.59 Å². The zero-order valence-corrected chi connectivity index (χ0v) is 10.9. The van der Waals surface area contributed by atoms with E-state index in [0.717, 1.165) is 18.8 Å². The molecule has 1 saturated carbocycles. The quantitative estimate of drug-likeness (QED) is 0.784. The van der Waals surface area contributed by atoms with Gasteiger partial charge in [0.1, 0.15) is 6.04 Å². The fourth-order valence-corrected chi connectivity index (χ4v) is 2.75. The number of hydrogen-bond acceptors (Lipinski definition) is 2. The maximum absolute atomic E-state index is 12.4. The van der Waals surface area contributed by atoms with Crippen molar-refractivity contribution in [1.82, 2.24) is 10.2 Å². The second kappa shape index (κ2) is 4.67. The van der Waals surface area contributed by atoms with Gasteiger partial charge in [0, 0.05) is 19.0 Å². The topological polar surface area (TPSA) is 49.4 Å². The molecule has 17 heavy (non-hydrogen) atoms. The molecular formula is C13H22N2O2. The van der Waals surface area contributed by atoms with E-state index in [-0.39, 0.29) is 23.8 Å². The molecule has 2 aliphatic rings. The predicted octanol–water partition coefficient (Wildman–Crippen LogP) is 1.16. The van der Waals surface area contributed by atoms with Crippen LogP contribution in [0, 0.1) is 11.8 Å². The van der Waals surface area contributed by atoms with Gasteiger partial charge in [-0.1, -0.05) is 20.8 Å². The molecule has 1 N–H and O–H groups in total. The van der Waals surface area contributed by atoms with Gasteiger partial charge in [-0.3, -0.25) is 9.59 Å². The lowest BCUT2D eigenvalue weighted by atomic mass is 9.80. The molecule has 2 amide bonds. The van der Waals surface area contributed by atoms with E-state index < -0.39 is 0 Å². The molecule has 1 heterocycles. The highest BCUT2D eigenvalue weighted by molar-refractivity contribution is 5.90. The van der Waals surface area contributed by atoms with Gasteiger partial charge in [-0.2, -0.15) is 0 Å². The SMILES string of the molecule is CC1CC(N2CCC(=O)NC(C(C)C)C2=O)C1. The molecule has 1 aliphatic heterocycles. The molecule has 0 aromatic heterocycles. The van der Waals surface area contributed by atoms with E-state index >= 15 is 0 Å². The van der Waals surface area contributed by atoms with Crippen molar-refractivity contribution in [3.05, 3.63) is 0 Å². The summed E-state index contributed by atoms with van der Waals surface area (Å²) in [4.78, 5) is 25.9. The maximum atomic E-state index is 12.4. The van der Waals surface area contributed by atoms with Crippen molar-refractivity contribution in [2.75, 3.05) is 6.54 Å². The van der Waals surface area contributed by atoms with E-state index in [1.807, 2.05) is 18.7 Å². The third-order valence-corrected chi connectivity index (χ3v) is 3.90. The minimum atomic E-state index is -0.332. The first-order valence-corrected chi connectivity index (χ1v) is 6.59. The van der Waals surface area contributed by atoms with Crippen LogP contribution in [-0.4, -0.2) is 35.3 Å². The normalized spacial score (nSPS) is 34.4. The first-order chi connectivity index (χ1) is 7.99. The van der Waals surface area contributed by atoms with Crippen molar-refractivity contribution in [3.8, 4) is 0 Å². The van der Waals surface area contributed by atoms with E-state index in [1.54, 1.807) is 0 Å². The lowest BCUT2D eigenvalue weighted by Gasteiger charge is -2.42. The standard InChI is InChI=1S/C13H22N2O2/c1-8(2)12-13(17)15(5-4-11(16)14-12)10-6-9(3)7-10/h8-10,12H,4-7H2,1-3H3,(H,14,16). The Morgan fingerprint density at radius 3 is 2.47 bits per heavy atom. The molecule has 1 atom stereocenters. The van der Waals surface area contributed by atoms with E-state index in [9.17, 15) is 9.59 Å². The second-order valence-corrected chi connectivity index (χ2v) is 5.80. The number of nitrogens with one attached hydrogen (secondary N) is 1. The van der Waals surface area contributed by atoms with Crippen molar-refractivity contribution < 1.29 is 9.59 Å². The van der Waals surface area contributed by atoms with Crippen LogP contribution in [0.15, 0.2) is 0 Å². The van der Waals surface area contributed by atoms with Crippen molar-refractivity contribution in [2.45, 2.75) is 52.1 Å². The Bertz CT molecular complexity index is 321. The molecule has 0 radical (unpaired) electrons. The monoisotopic (exact) mass is 238 g/mol. The van der Waals surface area contributed by atoms with Crippen molar-refractivity contribution >= 4 is 11.8 Å². The molecular weight excluding hydrogens is 216 g/mol. The summed E-state index contributed by atoms with van der Waals surface area (Å²) >= 11 is 0. The molecule has 1 aliphatic carbocycles. The Morgan fingerprint density at radius 2 is 1.94 bits per heavy atom. The highest BCUT2D eigenvalue weighted by Crippen LogP contribution is 2.32. The summed E-state index contributed by atoms with van der Waals surface area (Å²) in [5, 5.41) is 2.84. The van der Waals surface area contributed by atoms with Gasteiger partial charge in [-0.25, -0.2) is 0 Å². The van der Waals surface area contributed by atoms with Crippen molar-refractivity contribution in [1.29, 1.82) is 0 Å². The summed E-state index contributed by atoms with van der Waals surface area (Å²) in [6, 6.07) is 0.0346. The van der Waals surface area contributed by atoms with Gasteiger partial charge in [-0.05, 0) is 24.7 Å². The van der Waals surface area contributed by atoms with E-state index in [2.05, 4.69) is 12.2 Å². The van der Waals surface area contributed by atoms with E-state index in [0.29, 0.717) is 19.0 Å². The number of hydrogen-bond donors (Lipinski definition) is 1. The fourth-order valence-electron chi connectivity index (χ4n) is 2.75. The molecule has 2 rings (SSSR count). The number of nitrogens with zero attached hydrogens (tertiary/aromatic N) is 1. The Balaban J connectivity index is 2.10. The minimum absolute atomic E-state index is 0.00641. The predicted molar refractivity (Wildman–Crippen MR) is 65.3 cm³/mol. The Kier molecular flexibility index (Phi) is 3.40. The zero-order valence-electron chi connectivity index (χ0n) is 10.9. The molecule has 1 saturated heterocycles. The van der Waals surface area contributed by atoms with E-state index in [1.165, 1.54) is 0 Å². The van der Waals surface area contributed by atoms with Crippen LogP contribution < -0.4 is 5.32 Å². The van der Waals surface area contributed by atoms with Gasteiger partial charge in [0.25, 0.3) is 0 Å². The second-order valence-electron chi connectivity index (χ2n) is 5.80. The van der Waals surface area contributed by atoms with Crippen LogP contribution in [0.5, 0.6) is 0 Å². The van der Waals surface area contributed by atoms with Gasteiger partial charge >= 0.3 is 0 Å². The number of carbonyl (C=O) groups is 2. The first-order valence-electron chi connectivity index (χ1n) is 6.59. The summed E-state index contributed by atoms with van der Waals surface area (Å²) in [5.74, 6) is 0.997. The minimum Gasteiger partial charge on any atom is -0.344 e. The third kappa shape index (κ3) is 2.45. The fraction of sp³-hybridized carbons (Fsp3) is 0.846. The molecule has 0 aromatic carbocycles. The molecule has 0 aromatic rings.